The van der Waals surface area contributed by atoms with Gasteiger partial charge in [0.1, 0.15) is 6.04 Å². The van der Waals surface area contributed by atoms with Crippen LogP contribution in [0.2, 0.25) is 5.02 Å². The summed E-state index contributed by atoms with van der Waals surface area (Å²) in [6.45, 7) is 0.435. The molecule has 1 aromatic rings. The minimum absolute atomic E-state index is 0.0229. The lowest BCUT2D eigenvalue weighted by atomic mass is 10.0. The Hall–Kier alpha value is -1.27. The molecule has 0 aliphatic carbocycles. The molecule has 0 amide bonds. The maximum Gasteiger partial charge on any atom is 0.404 e. The SMILES string of the molecule is O=C(O)c1ccc(CN2CCCCC2C(F)(F)F)c(Cl)c1. The Balaban J connectivity index is 2.18. The van der Waals surface area contributed by atoms with E-state index < -0.39 is 18.2 Å². The van der Waals surface area contributed by atoms with E-state index in [1.807, 2.05) is 0 Å². The third-order valence-electron chi connectivity index (χ3n) is 3.66. The molecule has 0 aromatic heterocycles. The van der Waals surface area contributed by atoms with Gasteiger partial charge in [0.15, 0.2) is 0 Å². The number of aromatic carboxylic acids is 1. The molecule has 1 N–H and O–H groups in total. The van der Waals surface area contributed by atoms with E-state index in [1.165, 1.54) is 23.1 Å². The van der Waals surface area contributed by atoms with Crippen LogP contribution in [0.25, 0.3) is 0 Å². The van der Waals surface area contributed by atoms with E-state index in [0.29, 0.717) is 18.5 Å². The Morgan fingerprint density at radius 1 is 1.38 bits per heavy atom. The summed E-state index contributed by atoms with van der Waals surface area (Å²) in [6.07, 6.45) is -2.88. The minimum atomic E-state index is -4.26. The van der Waals surface area contributed by atoms with Crippen molar-refractivity contribution in [3.63, 3.8) is 0 Å². The molecule has 2 rings (SSSR count). The van der Waals surface area contributed by atoms with Gasteiger partial charge in [0.2, 0.25) is 0 Å². The minimum Gasteiger partial charge on any atom is -0.478 e. The summed E-state index contributed by atoms with van der Waals surface area (Å²) in [5.41, 5.74) is 0.535. The molecule has 0 spiro atoms. The second kappa shape index (κ2) is 6.23. The molecule has 1 aliphatic heterocycles. The molecular formula is C14H15ClF3NO2. The van der Waals surface area contributed by atoms with E-state index in [9.17, 15) is 18.0 Å². The zero-order valence-corrected chi connectivity index (χ0v) is 11.9. The number of carbonyl (C=O) groups is 1. The van der Waals surface area contributed by atoms with Gasteiger partial charge < -0.3 is 5.11 Å². The van der Waals surface area contributed by atoms with Crippen LogP contribution in [0.3, 0.4) is 0 Å². The number of likely N-dealkylation sites (tertiary alicyclic amines) is 1. The predicted octanol–water partition coefficient (Wildman–Crippen LogP) is 3.96. The number of nitrogens with zero attached hydrogens (tertiary/aromatic N) is 1. The first-order chi connectivity index (χ1) is 9.79. The van der Waals surface area contributed by atoms with Gasteiger partial charge in [0.25, 0.3) is 0 Å². The Morgan fingerprint density at radius 3 is 2.67 bits per heavy atom. The molecule has 7 heteroatoms. The molecule has 116 valence electrons. The van der Waals surface area contributed by atoms with Crippen molar-refractivity contribution in [2.75, 3.05) is 6.54 Å². The lowest BCUT2D eigenvalue weighted by Crippen LogP contribution is -2.48. The standard InChI is InChI=1S/C14H15ClF3NO2/c15-11-7-9(13(20)21)4-5-10(11)8-19-6-2-1-3-12(19)14(16,17)18/h4-5,7,12H,1-3,6,8H2,(H,20,21). The average Bonchev–Trinajstić information content (AvgIpc) is 2.40. The molecular weight excluding hydrogens is 307 g/mol. The van der Waals surface area contributed by atoms with Crippen LogP contribution in [0.1, 0.15) is 35.2 Å². The summed E-state index contributed by atoms with van der Waals surface area (Å²) in [5.74, 6) is -1.12. The molecule has 21 heavy (non-hydrogen) atoms. The lowest BCUT2D eigenvalue weighted by molar-refractivity contribution is -0.192. The van der Waals surface area contributed by atoms with E-state index >= 15 is 0 Å². The van der Waals surface area contributed by atoms with Crippen LogP contribution in [0.15, 0.2) is 18.2 Å². The maximum absolute atomic E-state index is 13.0. The highest BCUT2D eigenvalue weighted by Gasteiger charge is 2.44. The lowest BCUT2D eigenvalue weighted by Gasteiger charge is -2.36. The second-order valence-corrected chi connectivity index (χ2v) is 5.54. The number of carboxylic acid groups (broad SMARTS) is 1. The zero-order valence-electron chi connectivity index (χ0n) is 11.2. The Labute approximate surface area is 125 Å². The van der Waals surface area contributed by atoms with Gasteiger partial charge in [-0.2, -0.15) is 13.2 Å². The number of carboxylic acids is 1. The van der Waals surface area contributed by atoms with Crippen molar-refractivity contribution in [2.24, 2.45) is 0 Å². The molecule has 1 aliphatic rings. The molecule has 0 radical (unpaired) electrons. The number of hydrogen-bond acceptors (Lipinski definition) is 2. The normalized spacial score (nSPS) is 20.5. The van der Waals surface area contributed by atoms with Crippen molar-refractivity contribution < 1.29 is 23.1 Å². The van der Waals surface area contributed by atoms with Crippen LogP contribution in [0, 0.1) is 0 Å². The molecule has 1 aromatic carbocycles. The fourth-order valence-electron chi connectivity index (χ4n) is 2.58. The summed E-state index contributed by atoms with van der Waals surface area (Å²) in [4.78, 5) is 12.2. The topological polar surface area (TPSA) is 40.5 Å². The second-order valence-electron chi connectivity index (χ2n) is 5.14. The first-order valence-corrected chi connectivity index (χ1v) is 6.99. The largest absolute Gasteiger partial charge is 0.478 e. The summed E-state index contributed by atoms with van der Waals surface area (Å²) in [7, 11) is 0. The maximum atomic E-state index is 13.0. The van der Waals surface area contributed by atoms with Gasteiger partial charge in [0.05, 0.1) is 5.56 Å². The highest BCUT2D eigenvalue weighted by Crippen LogP contribution is 2.33. The zero-order chi connectivity index (χ0) is 15.6. The fraction of sp³-hybridized carbons (Fsp3) is 0.500. The molecule has 1 saturated heterocycles. The van der Waals surface area contributed by atoms with E-state index in [0.717, 1.165) is 6.42 Å². The average molecular weight is 322 g/mol. The van der Waals surface area contributed by atoms with Crippen LogP contribution in [0.4, 0.5) is 13.2 Å². The van der Waals surface area contributed by atoms with Crippen molar-refractivity contribution in [3.8, 4) is 0 Å². The highest BCUT2D eigenvalue weighted by molar-refractivity contribution is 6.31. The Bertz CT molecular complexity index is 533. The molecule has 0 saturated carbocycles. The monoisotopic (exact) mass is 321 g/mol. The number of halogens is 4. The number of piperidine rings is 1. The van der Waals surface area contributed by atoms with Gasteiger partial charge in [-0.05, 0) is 37.1 Å². The quantitative estimate of drug-likeness (QED) is 0.916. The van der Waals surface area contributed by atoms with Gasteiger partial charge in [-0.3, -0.25) is 4.90 Å². The van der Waals surface area contributed by atoms with Crippen molar-refractivity contribution in [3.05, 3.63) is 34.3 Å². The van der Waals surface area contributed by atoms with Crippen LogP contribution >= 0.6 is 11.6 Å². The fourth-order valence-corrected chi connectivity index (χ4v) is 2.82. The van der Waals surface area contributed by atoms with Crippen LogP contribution < -0.4 is 0 Å². The number of rotatable bonds is 3. The predicted molar refractivity (Wildman–Crippen MR) is 72.5 cm³/mol. The molecule has 0 bridgehead atoms. The number of benzene rings is 1. The third kappa shape index (κ3) is 3.89. The third-order valence-corrected chi connectivity index (χ3v) is 4.02. The van der Waals surface area contributed by atoms with Crippen molar-refractivity contribution in [1.29, 1.82) is 0 Å². The van der Waals surface area contributed by atoms with Crippen LogP contribution in [0.5, 0.6) is 0 Å². The van der Waals surface area contributed by atoms with E-state index in [4.69, 9.17) is 16.7 Å². The number of hydrogen-bond donors (Lipinski definition) is 1. The summed E-state index contributed by atoms with van der Waals surface area (Å²) in [6, 6.07) is 2.65. The molecule has 1 fully saturated rings. The van der Waals surface area contributed by atoms with E-state index in [-0.39, 0.29) is 23.6 Å². The summed E-state index contributed by atoms with van der Waals surface area (Å²) in [5, 5.41) is 9.03. The smallest absolute Gasteiger partial charge is 0.404 e. The first kappa shape index (κ1) is 16.1. The number of alkyl halides is 3. The van der Waals surface area contributed by atoms with E-state index in [2.05, 4.69) is 0 Å². The van der Waals surface area contributed by atoms with Crippen molar-refractivity contribution in [1.82, 2.24) is 4.90 Å². The van der Waals surface area contributed by atoms with Crippen LogP contribution in [-0.4, -0.2) is 34.7 Å². The summed E-state index contributed by atoms with van der Waals surface area (Å²) < 4.78 is 39.0. The van der Waals surface area contributed by atoms with Crippen LogP contribution in [-0.2, 0) is 6.54 Å². The highest BCUT2D eigenvalue weighted by atomic mass is 35.5. The van der Waals surface area contributed by atoms with E-state index in [1.54, 1.807) is 0 Å². The Kier molecular flexibility index (Phi) is 4.78. The van der Waals surface area contributed by atoms with Gasteiger partial charge >= 0.3 is 12.1 Å². The van der Waals surface area contributed by atoms with Gasteiger partial charge in [-0.25, -0.2) is 4.79 Å². The molecule has 1 unspecified atom stereocenters. The molecule has 1 atom stereocenters. The first-order valence-electron chi connectivity index (χ1n) is 6.61. The van der Waals surface area contributed by atoms with Gasteiger partial charge in [-0.1, -0.05) is 24.1 Å². The van der Waals surface area contributed by atoms with Crippen molar-refractivity contribution in [2.45, 2.75) is 38.0 Å². The molecule has 1 heterocycles. The van der Waals surface area contributed by atoms with Gasteiger partial charge in [-0.15, -0.1) is 0 Å². The van der Waals surface area contributed by atoms with Crippen molar-refractivity contribution >= 4 is 17.6 Å². The summed E-state index contributed by atoms with van der Waals surface area (Å²) >= 11 is 5.98. The van der Waals surface area contributed by atoms with Gasteiger partial charge in [0, 0.05) is 11.6 Å². The molecule has 3 nitrogen and oxygen atoms in total. The Morgan fingerprint density at radius 2 is 2.10 bits per heavy atom.